The van der Waals surface area contributed by atoms with Gasteiger partial charge in [-0.2, -0.15) is 0 Å². The molecule has 2 unspecified atom stereocenters. The zero-order valence-corrected chi connectivity index (χ0v) is 10.8. The van der Waals surface area contributed by atoms with Crippen LogP contribution in [0, 0.1) is 0 Å². The normalized spacial score (nSPS) is 21.6. The molecular formula is C12H18N2O2S. The van der Waals surface area contributed by atoms with Gasteiger partial charge in [-0.05, 0) is 26.2 Å². The van der Waals surface area contributed by atoms with Gasteiger partial charge in [0, 0.05) is 18.4 Å². The fourth-order valence-electron chi connectivity index (χ4n) is 1.92. The van der Waals surface area contributed by atoms with Crippen LogP contribution in [-0.4, -0.2) is 23.5 Å². The highest BCUT2D eigenvalue weighted by Gasteiger charge is 2.18. The van der Waals surface area contributed by atoms with Crippen molar-refractivity contribution in [3.05, 3.63) is 16.1 Å². The Morgan fingerprint density at radius 1 is 1.76 bits per heavy atom. The number of ether oxygens (including phenoxy) is 1. The molecule has 5 heteroatoms. The van der Waals surface area contributed by atoms with Gasteiger partial charge >= 0.3 is 0 Å². The number of Topliss-reactive ketones (excluding diaryl/α,β-unsaturated/α-hetero) is 1. The molecule has 1 aromatic rings. The fraction of sp³-hybridized carbons (Fsp3) is 0.667. The number of hydrogen-bond acceptors (Lipinski definition) is 5. The smallest absolute Gasteiger partial charge is 0.182 e. The lowest BCUT2D eigenvalue weighted by atomic mass is 10.1. The van der Waals surface area contributed by atoms with E-state index in [-0.39, 0.29) is 17.9 Å². The summed E-state index contributed by atoms with van der Waals surface area (Å²) in [6.07, 6.45) is 3.79. The molecular weight excluding hydrogens is 236 g/mol. The molecule has 0 saturated carbocycles. The highest BCUT2D eigenvalue weighted by atomic mass is 32.1. The molecule has 0 amide bonds. The van der Waals surface area contributed by atoms with E-state index < -0.39 is 0 Å². The topological polar surface area (TPSA) is 65.2 Å². The molecule has 0 bridgehead atoms. The predicted octanol–water partition coefficient (Wildman–Crippen LogP) is 2.30. The first-order valence-electron chi connectivity index (χ1n) is 6.02. The summed E-state index contributed by atoms with van der Waals surface area (Å²) in [5.41, 5.74) is 6.27. The quantitative estimate of drug-likeness (QED) is 0.819. The number of thiazole rings is 1. The van der Waals surface area contributed by atoms with E-state index in [9.17, 15) is 4.79 Å². The van der Waals surface area contributed by atoms with E-state index in [1.54, 1.807) is 5.38 Å². The lowest BCUT2D eigenvalue weighted by Gasteiger charge is -2.06. The van der Waals surface area contributed by atoms with Crippen molar-refractivity contribution in [1.29, 1.82) is 0 Å². The first kappa shape index (κ1) is 12.7. The second kappa shape index (κ2) is 5.71. The third-order valence-corrected chi connectivity index (χ3v) is 3.96. The number of ketones is 1. The second-order valence-electron chi connectivity index (χ2n) is 4.46. The van der Waals surface area contributed by atoms with Crippen LogP contribution in [-0.2, 0) is 4.74 Å². The van der Waals surface area contributed by atoms with Gasteiger partial charge in [-0.1, -0.05) is 0 Å². The van der Waals surface area contributed by atoms with Crippen LogP contribution < -0.4 is 5.73 Å². The summed E-state index contributed by atoms with van der Waals surface area (Å²) in [7, 11) is 0. The van der Waals surface area contributed by atoms with Crippen LogP contribution in [0.3, 0.4) is 0 Å². The molecule has 1 aliphatic heterocycles. The summed E-state index contributed by atoms with van der Waals surface area (Å²) in [5.74, 6) is 0.101. The SMILES string of the molecule is CC(N)c1nc(C(=O)CCC2CCCO2)cs1. The van der Waals surface area contributed by atoms with Crippen LogP contribution in [0.4, 0.5) is 0 Å². The van der Waals surface area contributed by atoms with Crippen molar-refractivity contribution in [3.63, 3.8) is 0 Å². The molecule has 2 heterocycles. The molecule has 2 rings (SSSR count). The average molecular weight is 254 g/mol. The lowest BCUT2D eigenvalue weighted by molar-refractivity contribution is 0.0856. The fourth-order valence-corrected chi connectivity index (χ4v) is 2.70. The molecule has 1 saturated heterocycles. The third kappa shape index (κ3) is 3.34. The van der Waals surface area contributed by atoms with E-state index in [0.29, 0.717) is 12.1 Å². The minimum atomic E-state index is -0.0975. The van der Waals surface area contributed by atoms with Crippen molar-refractivity contribution in [1.82, 2.24) is 4.98 Å². The zero-order valence-electron chi connectivity index (χ0n) is 10.0. The minimum absolute atomic E-state index is 0.0975. The van der Waals surface area contributed by atoms with Crippen LogP contribution in [0.5, 0.6) is 0 Å². The van der Waals surface area contributed by atoms with E-state index >= 15 is 0 Å². The van der Waals surface area contributed by atoms with Crippen LogP contribution in [0.2, 0.25) is 0 Å². The van der Waals surface area contributed by atoms with Crippen molar-refractivity contribution in [2.24, 2.45) is 5.73 Å². The van der Waals surface area contributed by atoms with Gasteiger partial charge in [0.1, 0.15) is 10.7 Å². The Hall–Kier alpha value is -0.780. The van der Waals surface area contributed by atoms with Gasteiger partial charge in [-0.15, -0.1) is 11.3 Å². The Morgan fingerprint density at radius 2 is 2.59 bits per heavy atom. The molecule has 2 N–H and O–H groups in total. The summed E-state index contributed by atoms with van der Waals surface area (Å²) < 4.78 is 5.49. The van der Waals surface area contributed by atoms with Gasteiger partial charge < -0.3 is 10.5 Å². The first-order valence-corrected chi connectivity index (χ1v) is 6.90. The van der Waals surface area contributed by atoms with Gasteiger partial charge in [0.2, 0.25) is 0 Å². The average Bonchev–Trinajstić information content (AvgIpc) is 2.96. The maximum atomic E-state index is 11.9. The number of nitrogens with two attached hydrogens (primary N) is 1. The number of rotatable bonds is 5. The Balaban J connectivity index is 1.85. The van der Waals surface area contributed by atoms with E-state index in [1.807, 2.05) is 6.92 Å². The summed E-state index contributed by atoms with van der Waals surface area (Å²) in [6, 6.07) is -0.0975. The Kier molecular flexibility index (Phi) is 4.25. The molecule has 0 aromatic carbocycles. The zero-order chi connectivity index (χ0) is 12.3. The van der Waals surface area contributed by atoms with Crippen molar-refractivity contribution >= 4 is 17.1 Å². The van der Waals surface area contributed by atoms with Crippen molar-refractivity contribution < 1.29 is 9.53 Å². The van der Waals surface area contributed by atoms with Crippen molar-refractivity contribution in [2.75, 3.05) is 6.61 Å². The van der Waals surface area contributed by atoms with E-state index in [0.717, 1.165) is 30.9 Å². The van der Waals surface area contributed by atoms with Crippen LogP contribution in [0.25, 0.3) is 0 Å². The van der Waals surface area contributed by atoms with Crippen LogP contribution >= 0.6 is 11.3 Å². The van der Waals surface area contributed by atoms with Crippen LogP contribution in [0.15, 0.2) is 5.38 Å². The number of carbonyl (C=O) groups is 1. The Morgan fingerprint density at radius 3 is 3.18 bits per heavy atom. The Labute approximate surface area is 105 Å². The highest BCUT2D eigenvalue weighted by Crippen LogP contribution is 2.20. The summed E-state index contributed by atoms with van der Waals surface area (Å²) in [4.78, 5) is 16.1. The molecule has 0 spiro atoms. The molecule has 1 aromatic heterocycles. The molecule has 2 atom stereocenters. The van der Waals surface area contributed by atoms with Gasteiger partial charge in [0.25, 0.3) is 0 Å². The maximum Gasteiger partial charge on any atom is 0.182 e. The number of carbonyl (C=O) groups excluding carboxylic acids is 1. The molecule has 0 aliphatic carbocycles. The summed E-state index contributed by atoms with van der Waals surface area (Å²) >= 11 is 1.46. The molecule has 17 heavy (non-hydrogen) atoms. The Bertz CT molecular complexity index is 384. The van der Waals surface area contributed by atoms with Gasteiger partial charge in [-0.25, -0.2) is 4.98 Å². The highest BCUT2D eigenvalue weighted by molar-refractivity contribution is 7.09. The molecule has 4 nitrogen and oxygen atoms in total. The monoisotopic (exact) mass is 254 g/mol. The van der Waals surface area contributed by atoms with Gasteiger partial charge in [0.15, 0.2) is 5.78 Å². The van der Waals surface area contributed by atoms with Crippen molar-refractivity contribution in [3.8, 4) is 0 Å². The van der Waals surface area contributed by atoms with E-state index in [1.165, 1.54) is 11.3 Å². The standard InChI is InChI=1S/C12H18N2O2S/c1-8(13)12-14-10(7-17-12)11(15)5-4-9-3-2-6-16-9/h7-9H,2-6,13H2,1H3. The predicted molar refractivity (Wildman–Crippen MR) is 67.3 cm³/mol. The minimum Gasteiger partial charge on any atom is -0.378 e. The molecule has 1 fully saturated rings. The second-order valence-corrected chi connectivity index (χ2v) is 5.35. The number of hydrogen-bond donors (Lipinski definition) is 1. The summed E-state index contributed by atoms with van der Waals surface area (Å²) in [5, 5.41) is 2.63. The number of nitrogens with zero attached hydrogens (tertiary/aromatic N) is 1. The largest absolute Gasteiger partial charge is 0.378 e. The van der Waals surface area contributed by atoms with Gasteiger partial charge in [0.05, 0.1) is 12.1 Å². The van der Waals surface area contributed by atoms with Gasteiger partial charge in [-0.3, -0.25) is 4.79 Å². The molecule has 94 valence electrons. The lowest BCUT2D eigenvalue weighted by Crippen LogP contribution is -2.10. The maximum absolute atomic E-state index is 11.9. The van der Waals surface area contributed by atoms with E-state index in [4.69, 9.17) is 10.5 Å². The van der Waals surface area contributed by atoms with E-state index in [2.05, 4.69) is 4.98 Å². The number of aromatic nitrogens is 1. The first-order chi connectivity index (χ1) is 8.16. The third-order valence-electron chi connectivity index (χ3n) is 2.91. The van der Waals surface area contributed by atoms with Crippen LogP contribution in [0.1, 0.15) is 54.1 Å². The molecule has 0 radical (unpaired) electrons. The van der Waals surface area contributed by atoms with Crippen molar-refractivity contribution in [2.45, 2.75) is 44.8 Å². The molecule has 1 aliphatic rings. The summed E-state index contributed by atoms with van der Waals surface area (Å²) in [6.45, 7) is 2.71.